The van der Waals surface area contributed by atoms with Gasteiger partial charge in [-0.15, -0.1) is 11.3 Å². The summed E-state index contributed by atoms with van der Waals surface area (Å²) in [5, 5.41) is 0. The number of ether oxygens (including phenoxy) is 1. The van der Waals surface area contributed by atoms with Crippen molar-refractivity contribution in [3.63, 3.8) is 0 Å². The quantitative estimate of drug-likeness (QED) is 0.750. The molecule has 1 aromatic carbocycles. The van der Waals surface area contributed by atoms with E-state index in [1.165, 1.54) is 5.56 Å². The van der Waals surface area contributed by atoms with E-state index in [1.807, 2.05) is 37.4 Å². The minimum atomic E-state index is 0.00118. The molecule has 3 nitrogen and oxygen atoms in total. The molecule has 0 fully saturated rings. The third-order valence-electron chi connectivity index (χ3n) is 3.53. The molecule has 1 aliphatic rings. The molecule has 0 spiro atoms. The van der Waals surface area contributed by atoms with Crippen molar-refractivity contribution >= 4 is 39.2 Å². The number of rotatable bonds is 4. The second-order valence-corrected chi connectivity index (χ2v) is 7.75. The fourth-order valence-electron chi connectivity index (χ4n) is 2.35. The molecule has 22 heavy (non-hydrogen) atoms. The van der Waals surface area contributed by atoms with E-state index in [-0.39, 0.29) is 5.91 Å². The summed E-state index contributed by atoms with van der Waals surface area (Å²) in [6, 6.07) is 10.1. The summed E-state index contributed by atoms with van der Waals surface area (Å²) < 4.78 is 6.57. The molecule has 0 atom stereocenters. The Morgan fingerprint density at radius 3 is 3.05 bits per heavy atom. The van der Waals surface area contributed by atoms with Gasteiger partial charge in [0.1, 0.15) is 5.75 Å². The molecule has 0 N–H and O–H groups in total. The maximum Gasteiger partial charge on any atom is 0.246 e. The fraction of sp³-hybridized carbons (Fsp3) is 0.235. The number of likely N-dealkylation sites (N-methyl/N-ethyl adjacent to an activating group) is 1. The third kappa shape index (κ3) is 3.59. The molecule has 5 heteroatoms. The smallest absolute Gasteiger partial charge is 0.246 e. The number of carbonyl (C=O) groups excluding carboxylic acids is 1. The van der Waals surface area contributed by atoms with Gasteiger partial charge in [-0.2, -0.15) is 0 Å². The molecule has 0 unspecified atom stereocenters. The molecule has 0 bridgehead atoms. The highest BCUT2D eigenvalue weighted by molar-refractivity contribution is 9.11. The van der Waals surface area contributed by atoms with Crippen LogP contribution >= 0.6 is 27.3 Å². The highest BCUT2D eigenvalue weighted by Crippen LogP contribution is 2.26. The monoisotopic (exact) mass is 377 g/mol. The van der Waals surface area contributed by atoms with E-state index < -0.39 is 0 Å². The van der Waals surface area contributed by atoms with Crippen molar-refractivity contribution in [3.8, 4) is 5.75 Å². The highest BCUT2D eigenvalue weighted by Gasteiger charge is 2.11. The Labute approximate surface area is 142 Å². The van der Waals surface area contributed by atoms with E-state index in [0.717, 1.165) is 33.0 Å². The van der Waals surface area contributed by atoms with Crippen LogP contribution in [-0.2, 0) is 17.8 Å². The van der Waals surface area contributed by atoms with Gasteiger partial charge in [-0.1, -0.05) is 6.07 Å². The maximum absolute atomic E-state index is 12.2. The van der Waals surface area contributed by atoms with Gasteiger partial charge in [0.15, 0.2) is 0 Å². The fourth-order valence-corrected chi connectivity index (χ4v) is 3.89. The molecular formula is C17H16BrNO2S. The van der Waals surface area contributed by atoms with Gasteiger partial charge < -0.3 is 9.64 Å². The summed E-state index contributed by atoms with van der Waals surface area (Å²) in [6.07, 6.45) is 4.43. The minimum Gasteiger partial charge on any atom is -0.493 e. The number of carbonyl (C=O) groups is 1. The second kappa shape index (κ2) is 6.67. The van der Waals surface area contributed by atoms with E-state index >= 15 is 0 Å². The van der Waals surface area contributed by atoms with Crippen molar-refractivity contribution in [2.24, 2.45) is 0 Å². The molecule has 0 radical (unpaired) electrons. The maximum atomic E-state index is 12.2. The first kappa shape index (κ1) is 15.3. The van der Waals surface area contributed by atoms with Crippen LogP contribution in [0.2, 0.25) is 0 Å². The average Bonchev–Trinajstić information content (AvgIpc) is 3.12. The van der Waals surface area contributed by atoms with Crippen LogP contribution < -0.4 is 4.74 Å². The van der Waals surface area contributed by atoms with Crippen LogP contribution in [0.1, 0.15) is 16.0 Å². The Kier molecular flexibility index (Phi) is 4.64. The summed E-state index contributed by atoms with van der Waals surface area (Å²) >= 11 is 5.08. The van der Waals surface area contributed by atoms with Gasteiger partial charge in [-0.25, -0.2) is 0 Å². The molecule has 1 aliphatic heterocycles. The molecular weight excluding hydrogens is 362 g/mol. The van der Waals surface area contributed by atoms with E-state index in [2.05, 4.69) is 22.0 Å². The third-order valence-corrected chi connectivity index (χ3v) is 5.14. The summed E-state index contributed by atoms with van der Waals surface area (Å²) in [7, 11) is 1.82. The lowest BCUT2D eigenvalue weighted by molar-refractivity contribution is -0.125. The number of hydrogen-bond donors (Lipinski definition) is 0. The van der Waals surface area contributed by atoms with Crippen LogP contribution in [0.15, 0.2) is 40.2 Å². The molecule has 0 saturated carbocycles. The van der Waals surface area contributed by atoms with Gasteiger partial charge >= 0.3 is 0 Å². The minimum absolute atomic E-state index is 0.00118. The largest absolute Gasteiger partial charge is 0.493 e. The Morgan fingerprint density at radius 1 is 1.41 bits per heavy atom. The molecule has 3 rings (SSSR count). The first-order valence-corrected chi connectivity index (χ1v) is 8.66. The average molecular weight is 378 g/mol. The van der Waals surface area contributed by atoms with E-state index in [1.54, 1.807) is 22.3 Å². The van der Waals surface area contributed by atoms with Gasteiger partial charge in [0, 0.05) is 24.4 Å². The topological polar surface area (TPSA) is 29.5 Å². The van der Waals surface area contributed by atoms with Crippen molar-refractivity contribution < 1.29 is 9.53 Å². The van der Waals surface area contributed by atoms with Crippen molar-refractivity contribution in [2.45, 2.75) is 13.0 Å². The molecule has 0 saturated heterocycles. The number of fused-ring (bicyclic) bond motifs is 1. The van der Waals surface area contributed by atoms with Crippen molar-refractivity contribution in [1.29, 1.82) is 0 Å². The zero-order valence-corrected chi connectivity index (χ0v) is 14.6. The number of amides is 1. The van der Waals surface area contributed by atoms with Gasteiger partial charge in [0.25, 0.3) is 0 Å². The zero-order chi connectivity index (χ0) is 15.5. The highest BCUT2D eigenvalue weighted by atomic mass is 79.9. The standard InChI is InChI=1S/C17H16BrNO2S/c1-19(11-14-4-6-16(18)22-14)17(20)7-3-12-2-5-15-13(10-12)8-9-21-15/h2-7,10H,8-9,11H2,1H3/b7-3+. The van der Waals surface area contributed by atoms with Gasteiger partial charge in [0.05, 0.1) is 16.9 Å². The molecule has 2 heterocycles. The van der Waals surface area contributed by atoms with Crippen molar-refractivity contribution in [2.75, 3.05) is 13.7 Å². The van der Waals surface area contributed by atoms with Crippen molar-refractivity contribution in [3.05, 3.63) is 56.2 Å². The van der Waals surface area contributed by atoms with Crippen LogP contribution in [0.3, 0.4) is 0 Å². The van der Waals surface area contributed by atoms with E-state index in [9.17, 15) is 4.79 Å². The van der Waals surface area contributed by atoms with Crippen LogP contribution in [-0.4, -0.2) is 24.5 Å². The Hall–Kier alpha value is -1.59. The van der Waals surface area contributed by atoms with E-state index in [4.69, 9.17) is 4.74 Å². The zero-order valence-electron chi connectivity index (χ0n) is 12.2. The van der Waals surface area contributed by atoms with Crippen LogP contribution in [0.25, 0.3) is 6.08 Å². The molecule has 2 aromatic rings. The number of halogens is 1. The summed E-state index contributed by atoms with van der Waals surface area (Å²) in [4.78, 5) is 15.0. The molecule has 0 aliphatic carbocycles. The van der Waals surface area contributed by atoms with Gasteiger partial charge in [-0.3, -0.25) is 4.79 Å². The molecule has 1 amide bonds. The Morgan fingerprint density at radius 2 is 2.27 bits per heavy atom. The summed E-state index contributed by atoms with van der Waals surface area (Å²) in [5.41, 5.74) is 2.25. The number of thiophene rings is 1. The lowest BCUT2D eigenvalue weighted by Gasteiger charge is -2.13. The molecule has 1 aromatic heterocycles. The predicted octanol–water partition coefficient (Wildman–Crippen LogP) is 4.12. The van der Waals surface area contributed by atoms with Crippen molar-refractivity contribution in [1.82, 2.24) is 4.90 Å². The summed E-state index contributed by atoms with van der Waals surface area (Å²) in [5.74, 6) is 0.963. The van der Waals surface area contributed by atoms with Crippen LogP contribution in [0, 0.1) is 0 Å². The second-order valence-electron chi connectivity index (χ2n) is 5.20. The SMILES string of the molecule is CN(Cc1ccc(Br)s1)C(=O)/C=C/c1ccc2c(c1)CCO2. The Balaban J connectivity index is 1.63. The lowest BCUT2D eigenvalue weighted by atomic mass is 10.1. The number of nitrogens with zero attached hydrogens (tertiary/aromatic N) is 1. The normalized spacial score (nSPS) is 13.2. The Bertz CT molecular complexity index is 723. The number of hydrogen-bond acceptors (Lipinski definition) is 3. The predicted molar refractivity (Wildman–Crippen MR) is 93.2 cm³/mol. The van der Waals surface area contributed by atoms with Gasteiger partial charge in [0.2, 0.25) is 5.91 Å². The first-order chi connectivity index (χ1) is 10.6. The molecule has 114 valence electrons. The lowest BCUT2D eigenvalue weighted by Crippen LogP contribution is -2.23. The van der Waals surface area contributed by atoms with Gasteiger partial charge in [-0.05, 0) is 57.4 Å². The van der Waals surface area contributed by atoms with E-state index in [0.29, 0.717) is 6.54 Å². The summed E-state index contributed by atoms with van der Waals surface area (Å²) in [6.45, 7) is 1.37. The van der Waals surface area contributed by atoms with Crippen LogP contribution in [0.4, 0.5) is 0 Å². The number of benzene rings is 1. The van der Waals surface area contributed by atoms with Crippen LogP contribution in [0.5, 0.6) is 5.75 Å². The first-order valence-electron chi connectivity index (χ1n) is 7.05.